The van der Waals surface area contributed by atoms with E-state index in [0.717, 1.165) is 12.1 Å². The van der Waals surface area contributed by atoms with Crippen molar-refractivity contribution in [2.45, 2.75) is 19.0 Å². The van der Waals surface area contributed by atoms with Crippen LogP contribution in [0.2, 0.25) is 0 Å². The molecule has 0 aliphatic carbocycles. The van der Waals surface area contributed by atoms with Crippen molar-refractivity contribution in [1.82, 2.24) is 0 Å². The first-order valence-corrected chi connectivity index (χ1v) is 5.14. The maximum Gasteiger partial charge on any atom is 0.417 e. The summed E-state index contributed by atoms with van der Waals surface area (Å²) in [5, 5.41) is 7.20. The molecule has 2 N–H and O–H groups in total. The molecule has 0 unspecified atom stereocenters. The molecule has 1 aromatic rings. The molecule has 96 valence electrons. The fraction of sp³-hybridized carbons (Fsp3) is 0.273. The number of halogens is 4. The second-order valence-electron chi connectivity index (χ2n) is 3.83. The van der Waals surface area contributed by atoms with Crippen LogP contribution in [-0.4, -0.2) is 11.5 Å². The van der Waals surface area contributed by atoms with Crippen molar-refractivity contribution < 1.29 is 17.6 Å². The van der Waals surface area contributed by atoms with Crippen molar-refractivity contribution in [3.05, 3.63) is 35.1 Å². The van der Waals surface area contributed by atoms with Crippen molar-refractivity contribution in [3.8, 4) is 0 Å². The highest BCUT2D eigenvalue weighted by atomic mass is 19.4. The number of hydrogen-bond acceptors (Lipinski definition) is 3. The number of benzene rings is 1. The Morgan fingerprint density at radius 3 is 2.39 bits per heavy atom. The molecule has 0 saturated heterocycles. The first-order chi connectivity index (χ1) is 8.38. The number of alkyl halides is 3. The summed E-state index contributed by atoms with van der Waals surface area (Å²) in [6.07, 6.45) is -4.04. The highest BCUT2D eigenvalue weighted by Gasteiger charge is 2.35. The molecule has 7 heteroatoms. The molecule has 18 heavy (non-hydrogen) atoms. The third kappa shape index (κ3) is 2.49. The summed E-state index contributed by atoms with van der Waals surface area (Å²) in [4.78, 5) is 0. The lowest BCUT2D eigenvalue weighted by molar-refractivity contribution is -0.137. The Bertz CT molecular complexity index is 532. The molecule has 0 saturated carbocycles. The van der Waals surface area contributed by atoms with Gasteiger partial charge in [-0.2, -0.15) is 18.3 Å². The van der Waals surface area contributed by atoms with Crippen molar-refractivity contribution in [3.63, 3.8) is 0 Å². The third-order valence-electron chi connectivity index (χ3n) is 2.52. The molecular weight excluding hydrogens is 250 g/mol. The summed E-state index contributed by atoms with van der Waals surface area (Å²) in [5.74, 6) is -0.667. The van der Waals surface area contributed by atoms with E-state index >= 15 is 0 Å². The second kappa shape index (κ2) is 4.40. The predicted octanol–water partition coefficient (Wildman–Crippen LogP) is 2.70. The second-order valence-corrected chi connectivity index (χ2v) is 3.83. The zero-order valence-corrected chi connectivity index (χ0v) is 9.13. The molecule has 2 rings (SSSR count). The van der Waals surface area contributed by atoms with Crippen LogP contribution in [0.25, 0.3) is 0 Å². The highest BCUT2D eigenvalue weighted by Crippen LogP contribution is 2.33. The minimum Gasteiger partial charge on any atom is -0.386 e. The average molecular weight is 259 g/mol. The molecule has 1 aliphatic heterocycles. The molecule has 0 aromatic heterocycles. The number of nitrogens with zero attached hydrogens (tertiary/aromatic N) is 2. The Kier molecular flexibility index (Phi) is 3.06. The normalized spacial score (nSPS) is 16.2. The van der Waals surface area contributed by atoms with Gasteiger partial charge in [0.05, 0.1) is 11.3 Å². The van der Waals surface area contributed by atoms with E-state index in [0.29, 0.717) is 12.5 Å². The molecule has 1 aliphatic rings. The maximum atomic E-state index is 12.9. The van der Waals surface area contributed by atoms with Gasteiger partial charge in [0.15, 0.2) is 0 Å². The van der Waals surface area contributed by atoms with Crippen LogP contribution in [0.3, 0.4) is 0 Å². The zero-order chi connectivity index (χ0) is 13.3. The fourth-order valence-corrected chi connectivity index (χ4v) is 1.66. The van der Waals surface area contributed by atoms with E-state index in [1.165, 1.54) is 0 Å². The first kappa shape index (κ1) is 12.5. The molecule has 0 fully saturated rings. The Morgan fingerprint density at radius 2 is 1.83 bits per heavy atom. The van der Waals surface area contributed by atoms with E-state index < -0.39 is 17.6 Å². The van der Waals surface area contributed by atoms with Crippen molar-refractivity contribution >= 4 is 11.5 Å². The topological polar surface area (TPSA) is 50.7 Å². The quantitative estimate of drug-likeness (QED) is 0.774. The smallest absolute Gasteiger partial charge is 0.386 e. The standard InChI is InChI=1S/C11H9F4N3/c12-6-1-2-7(8(5-6)11(13,14)15)9-3-4-10(16)18-17-9/h1-2,5H,3-4H2,(H2,16,18). The molecule has 0 radical (unpaired) electrons. The summed E-state index contributed by atoms with van der Waals surface area (Å²) < 4.78 is 51.3. The van der Waals surface area contributed by atoms with Gasteiger partial charge in [-0.25, -0.2) is 4.39 Å². The van der Waals surface area contributed by atoms with Gasteiger partial charge in [0, 0.05) is 12.0 Å². The van der Waals surface area contributed by atoms with Crippen LogP contribution in [0.1, 0.15) is 24.0 Å². The van der Waals surface area contributed by atoms with Crippen LogP contribution in [0, 0.1) is 5.82 Å². The average Bonchev–Trinajstić information content (AvgIpc) is 2.29. The molecule has 0 amide bonds. The molecule has 0 bridgehead atoms. The molecule has 1 aromatic carbocycles. The predicted molar refractivity (Wildman–Crippen MR) is 58.8 cm³/mol. The molecular formula is C11H9F4N3. The summed E-state index contributed by atoms with van der Waals surface area (Å²) in [7, 11) is 0. The van der Waals surface area contributed by atoms with E-state index in [9.17, 15) is 17.6 Å². The summed E-state index contributed by atoms with van der Waals surface area (Å²) in [6, 6.07) is 2.49. The van der Waals surface area contributed by atoms with Crippen molar-refractivity contribution in [2.75, 3.05) is 0 Å². The monoisotopic (exact) mass is 259 g/mol. The van der Waals surface area contributed by atoms with Crippen LogP contribution >= 0.6 is 0 Å². The lowest BCUT2D eigenvalue weighted by Crippen LogP contribution is -2.20. The lowest BCUT2D eigenvalue weighted by Gasteiger charge is -2.15. The van der Waals surface area contributed by atoms with Gasteiger partial charge in [0.25, 0.3) is 0 Å². The van der Waals surface area contributed by atoms with Gasteiger partial charge >= 0.3 is 6.18 Å². The highest BCUT2D eigenvalue weighted by molar-refractivity contribution is 6.05. The van der Waals surface area contributed by atoms with Crippen LogP contribution in [0.4, 0.5) is 17.6 Å². The van der Waals surface area contributed by atoms with Crippen molar-refractivity contribution in [2.24, 2.45) is 15.9 Å². The van der Waals surface area contributed by atoms with E-state index in [1.54, 1.807) is 0 Å². The first-order valence-electron chi connectivity index (χ1n) is 5.14. The van der Waals surface area contributed by atoms with Crippen LogP contribution in [0.5, 0.6) is 0 Å². The molecule has 3 nitrogen and oxygen atoms in total. The Morgan fingerprint density at radius 1 is 1.11 bits per heavy atom. The molecule has 1 heterocycles. The number of hydrogen-bond donors (Lipinski definition) is 1. The van der Waals surface area contributed by atoms with Crippen molar-refractivity contribution in [1.29, 1.82) is 0 Å². The van der Waals surface area contributed by atoms with Crippen LogP contribution in [-0.2, 0) is 6.18 Å². The maximum absolute atomic E-state index is 12.9. The summed E-state index contributed by atoms with van der Waals surface area (Å²) in [5.41, 5.74) is 4.35. The Hall–Kier alpha value is -1.92. The SMILES string of the molecule is NC1=NN=C(c2ccc(F)cc2C(F)(F)F)CC1. The minimum absolute atomic E-state index is 0.153. The zero-order valence-electron chi connectivity index (χ0n) is 9.13. The van der Waals surface area contributed by atoms with Crippen LogP contribution < -0.4 is 5.73 Å². The van der Waals surface area contributed by atoms with Gasteiger partial charge in [0.2, 0.25) is 0 Å². The minimum atomic E-state index is -4.63. The van der Waals surface area contributed by atoms with Gasteiger partial charge in [0.1, 0.15) is 11.7 Å². The van der Waals surface area contributed by atoms with E-state index in [2.05, 4.69) is 10.2 Å². The largest absolute Gasteiger partial charge is 0.417 e. The number of rotatable bonds is 1. The van der Waals surface area contributed by atoms with Gasteiger partial charge in [-0.15, -0.1) is 5.10 Å². The van der Waals surface area contributed by atoms with E-state index in [-0.39, 0.29) is 23.5 Å². The van der Waals surface area contributed by atoms with Crippen LogP contribution in [0.15, 0.2) is 28.4 Å². The van der Waals surface area contributed by atoms with Gasteiger partial charge in [-0.1, -0.05) is 0 Å². The third-order valence-corrected chi connectivity index (χ3v) is 2.52. The lowest BCUT2D eigenvalue weighted by atomic mass is 9.98. The fourth-order valence-electron chi connectivity index (χ4n) is 1.66. The number of amidine groups is 1. The molecule has 0 spiro atoms. The Balaban J connectivity index is 2.52. The Labute approximate surface area is 100 Å². The van der Waals surface area contributed by atoms with Gasteiger partial charge < -0.3 is 5.73 Å². The van der Waals surface area contributed by atoms with Gasteiger partial charge in [-0.05, 0) is 24.6 Å². The summed E-state index contributed by atoms with van der Waals surface area (Å²) >= 11 is 0. The summed E-state index contributed by atoms with van der Waals surface area (Å²) in [6.45, 7) is 0. The van der Waals surface area contributed by atoms with E-state index in [4.69, 9.17) is 5.73 Å². The molecule has 0 atom stereocenters. The van der Waals surface area contributed by atoms with Gasteiger partial charge in [-0.3, -0.25) is 0 Å². The number of nitrogens with two attached hydrogens (primary N) is 1. The van der Waals surface area contributed by atoms with E-state index in [1.807, 2.05) is 0 Å².